The van der Waals surface area contributed by atoms with Crippen molar-refractivity contribution in [2.75, 3.05) is 31.3 Å². The topological polar surface area (TPSA) is 62.5 Å². The molecule has 1 amide bonds. The molecule has 1 aromatic rings. The number of pyridine rings is 1. The molecule has 1 aliphatic rings. The van der Waals surface area contributed by atoms with Gasteiger partial charge in [-0.1, -0.05) is 0 Å². The summed E-state index contributed by atoms with van der Waals surface area (Å²) in [6.45, 7) is 0.839. The van der Waals surface area contributed by atoms with E-state index < -0.39 is 0 Å². The highest BCUT2D eigenvalue weighted by molar-refractivity contribution is 5.86. The number of rotatable bonds is 2. The van der Waals surface area contributed by atoms with E-state index in [0.717, 1.165) is 25.2 Å². The van der Waals surface area contributed by atoms with E-state index in [2.05, 4.69) is 4.98 Å². The van der Waals surface area contributed by atoms with Crippen LogP contribution in [0.1, 0.15) is 12.8 Å². The lowest BCUT2D eigenvalue weighted by atomic mass is 10.2. The molecular formula is C12H18N4O. The zero-order valence-electron chi connectivity index (χ0n) is 10.3. The van der Waals surface area contributed by atoms with Crippen LogP contribution in [0.15, 0.2) is 18.3 Å². The predicted molar refractivity (Wildman–Crippen MR) is 67.7 cm³/mol. The van der Waals surface area contributed by atoms with Crippen molar-refractivity contribution in [1.82, 2.24) is 9.88 Å². The summed E-state index contributed by atoms with van der Waals surface area (Å²) in [6, 6.07) is 3.50. The number of likely N-dealkylation sites (N-methyl/N-ethyl adjacent to an activating group) is 1. The number of carbonyl (C=O) groups excluding carboxylic acids is 1. The maximum absolute atomic E-state index is 12.1. The monoisotopic (exact) mass is 234 g/mol. The van der Waals surface area contributed by atoms with Crippen LogP contribution in [0.5, 0.6) is 0 Å². The second-order valence-electron chi connectivity index (χ2n) is 4.50. The van der Waals surface area contributed by atoms with Crippen molar-refractivity contribution in [2.45, 2.75) is 18.9 Å². The van der Waals surface area contributed by atoms with Gasteiger partial charge < -0.3 is 15.5 Å². The third-order valence-corrected chi connectivity index (χ3v) is 3.07. The summed E-state index contributed by atoms with van der Waals surface area (Å²) in [6.07, 6.45) is 3.58. The Hall–Kier alpha value is -1.78. The van der Waals surface area contributed by atoms with E-state index in [4.69, 9.17) is 5.73 Å². The smallest absolute Gasteiger partial charge is 0.244 e. The zero-order chi connectivity index (χ0) is 12.4. The zero-order valence-corrected chi connectivity index (χ0v) is 10.3. The van der Waals surface area contributed by atoms with Crippen molar-refractivity contribution >= 4 is 17.4 Å². The molecule has 1 atom stereocenters. The summed E-state index contributed by atoms with van der Waals surface area (Å²) in [5, 5.41) is 0. The Balaban J connectivity index is 2.26. The lowest BCUT2D eigenvalue weighted by Crippen LogP contribution is -2.43. The first kappa shape index (κ1) is 11.7. The number of nitrogens with zero attached hydrogens (tertiary/aromatic N) is 3. The fraction of sp³-hybridized carbons (Fsp3) is 0.500. The van der Waals surface area contributed by atoms with Gasteiger partial charge in [-0.05, 0) is 25.0 Å². The molecule has 2 N–H and O–H groups in total. The molecule has 1 unspecified atom stereocenters. The third kappa shape index (κ3) is 2.18. The fourth-order valence-corrected chi connectivity index (χ4v) is 2.22. The van der Waals surface area contributed by atoms with E-state index in [-0.39, 0.29) is 11.9 Å². The number of nitrogens with two attached hydrogens (primary N) is 1. The van der Waals surface area contributed by atoms with Gasteiger partial charge in [-0.3, -0.25) is 4.79 Å². The minimum absolute atomic E-state index is 0.118. The van der Waals surface area contributed by atoms with Crippen LogP contribution in [0.2, 0.25) is 0 Å². The van der Waals surface area contributed by atoms with Crippen molar-refractivity contribution in [3.63, 3.8) is 0 Å². The molecule has 2 heterocycles. The SMILES string of the molecule is CN(C)C(=O)C1CCCN1c1ncccc1N. The Bertz CT molecular complexity index is 419. The summed E-state index contributed by atoms with van der Waals surface area (Å²) in [5.41, 5.74) is 6.54. The van der Waals surface area contributed by atoms with Crippen LogP contribution < -0.4 is 10.6 Å². The van der Waals surface area contributed by atoms with Gasteiger partial charge >= 0.3 is 0 Å². The number of nitrogen functional groups attached to an aromatic ring is 1. The van der Waals surface area contributed by atoms with Crippen LogP contribution >= 0.6 is 0 Å². The molecule has 0 saturated carbocycles. The molecule has 1 aliphatic heterocycles. The first-order chi connectivity index (χ1) is 8.11. The van der Waals surface area contributed by atoms with E-state index in [1.54, 1.807) is 31.3 Å². The predicted octanol–water partition coefficient (Wildman–Crippen LogP) is 0.721. The Morgan fingerprint density at radius 2 is 2.35 bits per heavy atom. The van der Waals surface area contributed by atoms with Crippen molar-refractivity contribution in [3.05, 3.63) is 18.3 Å². The lowest BCUT2D eigenvalue weighted by Gasteiger charge is -2.27. The number of anilines is 2. The largest absolute Gasteiger partial charge is 0.396 e. The van der Waals surface area contributed by atoms with Gasteiger partial charge in [-0.2, -0.15) is 0 Å². The molecule has 17 heavy (non-hydrogen) atoms. The maximum atomic E-state index is 12.1. The van der Waals surface area contributed by atoms with Crippen LogP contribution in [0.3, 0.4) is 0 Å². The molecule has 5 nitrogen and oxygen atoms in total. The first-order valence-corrected chi connectivity index (χ1v) is 5.79. The van der Waals surface area contributed by atoms with Gasteiger partial charge in [0.05, 0.1) is 5.69 Å². The van der Waals surface area contributed by atoms with E-state index in [1.165, 1.54) is 0 Å². The van der Waals surface area contributed by atoms with Crippen molar-refractivity contribution in [3.8, 4) is 0 Å². The molecule has 0 radical (unpaired) electrons. The molecule has 1 fully saturated rings. The van der Waals surface area contributed by atoms with Gasteiger partial charge in [0.2, 0.25) is 5.91 Å². The highest BCUT2D eigenvalue weighted by atomic mass is 16.2. The van der Waals surface area contributed by atoms with Crippen LogP contribution in [-0.2, 0) is 4.79 Å². The molecule has 2 rings (SSSR count). The molecule has 0 aromatic carbocycles. The first-order valence-electron chi connectivity index (χ1n) is 5.79. The molecule has 0 spiro atoms. The fourth-order valence-electron chi connectivity index (χ4n) is 2.22. The molecule has 92 valence electrons. The molecule has 5 heteroatoms. The minimum atomic E-state index is -0.123. The lowest BCUT2D eigenvalue weighted by molar-refractivity contribution is -0.129. The van der Waals surface area contributed by atoms with Crippen LogP contribution in [0, 0.1) is 0 Å². The Morgan fingerprint density at radius 3 is 3.00 bits per heavy atom. The summed E-state index contributed by atoms with van der Waals surface area (Å²) in [4.78, 5) is 20.0. The van der Waals surface area contributed by atoms with Crippen LogP contribution in [-0.4, -0.2) is 42.5 Å². The van der Waals surface area contributed by atoms with Gasteiger partial charge in [-0.25, -0.2) is 4.98 Å². The summed E-state index contributed by atoms with van der Waals surface area (Å²) >= 11 is 0. The van der Waals surface area contributed by atoms with Gasteiger partial charge in [0.25, 0.3) is 0 Å². The number of hydrogen-bond acceptors (Lipinski definition) is 4. The van der Waals surface area contributed by atoms with Crippen LogP contribution in [0.4, 0.5) is 11.5 Å². The Labute approximate surface area is 101 Å². The normalized spacial score (nSPS) is 19.4. The van der Waals surface area contributed by atoms with Gasteiger partial charge in [-0.15, -0.1) is 0 Å². The summed E-state index contributed by atoms with van der Waals surface area (Å²) in [7, 11) is 3.56. The van der Waals surface area contributed by atoms with E-state index in [9.17, 15) is 4.79 Å². The molecule has 1 aromatic heterocycles. The molecule has 0 aliphatic carbocycles. The van der Waals surface area contributed by atoms with E-state index in [0.29, 0.717) is 5.69 Å². The number of carbonyl (C=O) groups is 1. The summed E-state index contributed by atoms with van der Waals surface area (Å²) in [5.74, 6) is 0.845. The highest BCUT2D eigenvalue weighted by Crippen LogP contribution is 2.28. The quantitative estimate of drug-likeness (QED) is 0.819. The highest BCUT2D eigenvalue weighted by Gasteiger charge is 2.33. The van der Waals surface area contributed by atoms with Crippen molar-refractivity contribution < 1.29 is 4.79 Å². The Morgan fingerprint density at radius 1 is 1.59 bits per heavy atom. The number of amides is 1. The van der Waals surface area contributed by atoms with E-state index >= 15 is 0 Å². The molecule has 0 bridgehead atoms. The van der Waals surface area contributed by atoms with Gasteiger partial charge in [0.1, 0.15) is 6.04 Å². The second-order valence-corrected chi connectivity index (χ2v) is 4.50. The third-order valence-electron chi connectivity index (χ3n) is 3.07. The van der Waals surface area contributed by atoms with E-state index in [1.807, 2.05) is 11.0 Å². The maximum Gasteiger partial charge on any atom is 0.244 e. The number of hydrogen-bond donors (Lipinski definition) is 1. The summed E-state index contributed by atoms with van der Waals surface area (Å²) < 4.78 is 0. The van der Waals surface area contributed by atoms with Gasteiger partial charge in [0, 0.05) is 26.8 Å². The standard InChI is InChI=1S/C12H18N4O/c1-15(2)12(17)10-6-4-8-16(10)11-9(13)5-3-7-14-11/h3,5,7,10H,4,6,8,13H2,1-2H3. The molecule has 1 saturated heterocycles. The molecular weight excluding hydrogens is 216 g/mol. The Kier molecular flexibility index (Phi) is 3.17. The number of aromatic nitrogens is 1. The average Bonchev–Trinajstić information content (AvgIpc) is 2.77. The second kappa shape index (κ2) is 4.61. The van der Waals surface area contributed by atoms with Crippen molar-refractivity contribution in [2.24, 2.45) is 0 Å². The minimum Gasteiger partial charge on any atom is -0.396 e. The van der Waals surface area contributed by atoms with Crippen molar-refractivity contribution in [1.29, 1.82) is 0 Å². The van der Waals surface area contributed by atoms with Gasteiger partial charge in [0.15, 0.2) is 5.82 Å². The van der Waals surface area contributed by atoms with Crippen LogP contribution in [0.25, 0.3) is 0 Å². The average molecular weight is 234 g/mol.